The lowest BCUT2D eigenvalue weighted by molar-refractivity contribution is 0.254. The fourth-order valence-corrected chi connectivity index (χ4v) is 4.39. The third kappa shape index (κ3) is 2.66. The lowest BCUT2D eigenvalue weighted by atomic mass is 9.81. The van der Waals surface area contributed by atoms with Gasteiger partial charge in [-0.05, 0) is 74.2 Å². The fourth-order valence-electron chi connectivity index (χ4n) is 4.19. The van der Waals surface area contributed by atoms with Crippen LogP contribution in [0.5, 0.6) is 0 Å². The van der Waals surface area contributed by atoms with Crippen molar-refractivity contribution in [3.8, 4) is 0 Å². The number of hydrogen-bond donors (Lipinski definition) is 1. The Morgan fingerprint density at radius 2 is 2.21 bits per heavy atom. The standard InChI is InChI=1S/C16H21ClFN/c1-19-16(14-7-10-2-3-11(14)6-10)9-12-8-13(17)4-5-15(12)18/h4-5,8,10-11,14,16,19H,2-3,6-7,9H2,1H3. The van der Waals surface area contributed by atoms with Crippen LogP contribution in [0.3, 0.4) is 0 Å². The predicted octanol–water partition coefficient (Wildman–Crippen LogP) is 4.05. The molecule has 2 saturated carbocycles. The molecule has 0 aromatic heterocycles. The van der Waals surface area contributed by atoms with Crippen LogP contribution in [0.15, 0.2) is 18.2 Å². The van der Waals surface area contributed by atoms with Crippen molar-refractivity contribution in [3.05, 3.63) is 34.6 Å². The molecule has 0 amide bonds. The van der Waals surface area contributed by atoms with Crippen molar-refractivity contribution in [3.63, 3.8) is 0 Å². The highest BCUT2D eigenvalue weighted by molar-refractivity contribution is 6.30. The van der Waals surface area contributed by atoms with Gasteiger partial charge in [0, 0.05) is 11.1 Å². The van der Waals surface area contributed by atoms with Gasteiger partial charge in [0.2, 0.25) is 0 Å². The minimum atomic E-state index is -0.132. The van der Waals surface area contributed by atoms with Gasteiger partial charge < -0.3 is 5.32 Å². The van der Waals surface area contributed by atoms with Crippen molar-refractivity contribution in [1.82, 2.24) is 5.32 Å². The van der Waals surface area contributed by atoms with Gasteiger partial charge in [0.25, 0.3) is 0 Å². The van der Waals surface area contributed by atoms with E-state index in [2.05, 4.69) is 5.32 Å². The third-order valence-corrected chi connectivity index (χ3v) is 5.36. The van der Waals surface area contributed by atoms with Crippen LogP contribution in [0.1, 0.15) is 31.2 Å². The van der Waals surface area contributed by atoms with Gasteiger partial charge in [0.1, 0.15) is 5.82 Å². The number of rotatable bonds is 4. The Bertz CT molecular complexity index is 462. The zero-order valence-electron chi connectivity index (χ0n) is 11.3. The van der Waals surface area contributed by atoms with Crippen LogP contribution in [-0.2, 0) is 6.42 Å². The summed E-state index contributed by atoms with van der Waals surface area (Å²) in [6.07, 6.45) is 6.23. The van der Waals surface area contributed by atoms with Gasteiger partial charge in [0.05, 0.1) is 0 Å². The van der Waals surface area contributed by atoms with Crippen molar-refractivity contribution in [2.45, 2.75) is 38.1 Å². The molecule has 0 spiro atoms. The molecule has 0 heterocycles. The van der Waals surface area contributed by atoms with Crippen LogP contribution < -0.4 is 5.32 Å². The second-order valence-electron chi connectivity index (χ2n) is 6.17. The quantitative estimate of drug-likeness (QED) is 0.878. The summed E-state index contributed by atoms with van der Waals surface area (Å²) in [5, 5.41) is 4.04. The zero-order chi connectivity index (χ0) is 13.4. The predicted molar refractivity (Wildman–Crippen MR) is 76.9 cm³/mol. The molecule has 2 fully saturated rings. The lowest BCUT2D eigenvalue weighted by Gasteiger charge is -2.30. The second-order valence-corrected chi connectivity index (χ2v) is 6.61. The smallest absolute Gasteiger partial charge is 0.126 e. The van der Waals surface area contributed by atoms with Crippen molar-refractivity contribution >= 4 is 11.6 Å². The average Bonchev–Trinajstić information content (AvgIpc) is 3.02. The number of benzene rings is 1. The molecule has 4 unspecified atom stereocenters. The van der Waals surface area contributed by atoms with E-state index in [1.54, 1.807) is 12.1 Å². The van der Waals surface area contributed by atoms with Gasteiger partial charge in [0.15, 0.2) is 0 Å². The second kappa shape index (κ2) is 5.41. The van der Waals surface area contributed by atoms with Gasteiger partial charge >= 0.3 is 0 Å². The first-order valence-electron chi connectivity index (χ1n) is 7.28. The molecular formula is C16H21ClFN. The summed E-state index contributed by atoms with van der Waals surface area (Å²) >= 11 is 5.98. The van der Waals surface area contributed by atoms with Crippen LogP contribution in [0.4, 0.5) is 4.39 Å². The molecule has 104 valence electrons. The molecule has 3 heteroatoms. The van der Waals surface area contributed by atoms with E-state index in [9.17, 15) is 4.39 Å². The first-order chi connectivity index (χ1) is 9.17. The molecule has 1 aromatic carbocycles. The largest absolute Gasteiger partial charge is 0.316 e. The Hall–Kier alpha value is -0.600. The van der Waals surface area contributed by atoms with Gasteiger partial charge in [-0.1, -0.05) is 18.0 Å². The van der Waals surface area contributed by atoms with E-state index in [0.29, 0.717) is 17.0 Å². The SMILES string of the molecule is CNC(Cc1cc(Cl)ccc1F)C1CC2CCC1C2. The number of halogens is 2. The van der Waals surface area contributed by atoms with Crippen LogP contribution >= 0.6 is 11.6 Å². The molecule has 0 saturated heterocycles. The summed E-state index contributed by atoms with van der Waals surface area (Å²) in [5.74, 6) is 2.36. The summed E-state index contributed by atoms with van der Waals surface area (Å²) in [5.41, 5.74) is 0.745. The maximum atomic E-state index is 13.9. The summed E-state index contributed by atoms with van der Waals surface area (Å²) in [7, 11) is 2.00. The normalized spacial score (nSPS) is 30.8. The fraction of sp³-hybridized carbons (Fsp3) is 0.625. The Morgan fingerprint density at radius 3 is 2.84 bits per heavy atom. The number of nitrogens with one attached hydrogen (secondary N) is 1. The van der Waals surface area contributed by atoms with Crippen molar-refractivity contribution in [2.75, 3.05) is 7.05 Å². The van der Waals surface area contributed by atoms with Gasteiger partial charge in [-0.25, -0.2) is 4.39 Å². The Morgan fingerprint density at radius 1 is 1.37 bits per heavy atom. The van der Waals surface area contributed by atoms with E-state index in [1.165, 1.54) is 31.7 Å². The minimum absolute atomic E-state index is 0.132. The van der Waals surface area contributed by atoms with E-state index < -0.39 is 0 Å². The summed E-state index contributed by atoms with van der Waals surface area (Å²) < 4.78 is 13.9. The molecule has 1 N–H and O–H groups in total. The van der Waals surface area contributed by atoms with Crippen molar-refractivity contribution in [1.29, 1.82) is 0 Å². The number of fused-ring (bicyclic) bond motifs is 2. The Labute approximate surface area is 119 Å². The van der Waals surface area contributed by atoms with Crippen LogP contribution in [0.2, 0.25) is 5.02 Å². The molecule has 1 nitrogen and oxygen atoms in total. The molecule has 2 aliphatic rings. The maximum Gasteiger partial charge on any atom is 0.126 e. The Kier molecular flexibility index (Phi) is 3.81. The molecule has 3 rings (SSSR count). The van der Waals surface area contributed by atoms with Crippen molar-refractivity contribution < 1.29 is 4.39 Å². The molecule has 1 aromatic rings. The number of likely N-dealkylation sites (N-methyl/N-ethyl adjacent to an activating group) is 1. The summed E-state index contributed by atoms with van der Waals surface area (Å²) in [4.78, 5) is 0. The highest BCUT2D eigenvalue weighted by Crippen LogP contribution is 2.49. The molecule has 0 aliphatic heterocycles. The van der Waals surface area contributed by atoms with Crippen LogP contribution in [-0.4, -0.2) is 13.1 Å². The molecule has 2 aliphatic carbocycles. The van der Waals surface area contributed by atoms with E-state index in [0.717, 1.165) is 23.8 Å². The van der Waals surface area contributed by atoms with E-state index >= 15 is 0 Å². The molecular weight excluding hydrogens is 261 g/mol. The van der Waals surface area contributed by atoms with Gasteiger partial charge in [-0.2, -0.15) is 0 Å². The molecule has 4 atom stereocenters. The van der Waals surface area contributed by atoms with E-state index in [4.69, 9.17) is 11.6 Å². The summed E-state index contributed by atoms with van der Waals surface area (Å²) in [6, 6.07) is 5.25. The number of hydrogen-bond acceptors (Lipinski definition) is 1. The average molecular weight is 282 g/mol. The topological polar surface area (TPSA) is 12.0 Å². The van der Waals surface area contributed by atoms with Crippen LogP contribution in [0.25, 0.3) is 0 Å². The van der Waals surface area contributed by atoms with E-state index in [1.807, 2.05) is 7.05 Å². The highest BCUT2D eigenvalue weighted by atomic mass is 35.5. The summed E-state index contributed by atoms with van der Waals surface area (Å²) in [6.45, 7) is 0. The van der Waals surface area contributed by atoms with E-state index in [-0.39, 0.29) is 5.82 Å². The minimum Gasteiger partial charge on any atom is -0.316 e. The molecule has 2 bridgehead atoms. The third-order valence-electron chi connectivity index (χ3n) is 5.13. The highest BCUT2D eigenvalue weighted by Gasteiger charge is 2.42. The van der Waals surface area contributed by atoms with Crippen molar-refractivity contribution in [2.24, 2.45) is 17.8 Å². The maximum absolute atomic E-state index is 13.9. The van der Waals surface area contributed by atoms with Gasteiger partial charge in [-0.15, -0.1) is 0 Å². The zero-order valence-corrected chi connectivity index (χ0v) is 12.1. The van der Waals surface area contributed by atoms with Gasteiger partial charge in [-0.3, -0.25) is 0 Å². The Balaban J connectivity index is 1.74. The lowest BCUT2D eigenvalue weighted by Crippen LogP contribution is -2.38. The first-order valence-corrected chi connectivity index (χ1v) is 7.66. The molecule has 0 radical (unpaired) electrons. The monoisotopic (exact) mass is 281 g/mol. The molecule has 19 heavy (non-hydrogen) atoms. The van der Waals surface area contributed by atoms with Crippen LogP contribution in [0, 0.1) is 23.6 Å². The first kappa shape index (κ1) is 13.4.